The summed E-state index contributed by atoms with van der Waals surface area (Å²) in [6.07, 6.45) is 3.25. The number of nitrogens with one attached hydrogen (secondary N) is 1. The number of hydrogen-bond acceptors (Lipinski definition) is 9. The summed E-state index contributed by atoms with van der Waals surface area (Å²) >= 11 is 0. The summed E-state index contributed by atoms with van der Waals surface area (Å²) in [5.74, 6) is 1.17. The summed E-state index contributed by atoms with van der Waals surface area (Å²) in [4.78, 5) is 15.6. The first kappa shape index (κ1) is 19.3. The largest absolute Gasteiger partial charge is 0.394 e. The lowest BCUT2D eigenvalue weighted by molar-refractivity contribution is -0.0511. The monoisotopic (exact) mass is 392 g/mol. The fraction of sp³-hybridized carbons (Fsp3) is 0.722. The van der Waals surface area contributed by atoms with Gasteiger partial charge in [-0.25, -0.2) is 4.98 Å². The molecule has 2 aromatic heterocycles. The quantitative estimate of drug-likeness (QED) is 0.566. The first-order valence-corrected chi connectivity index (χ1v) is 9.80. The number of aromatic nitrogens is 4. The Bertz CT molecular complexity index is 822. The van der Waals surface area contributed by atoms with Crippen molar-refractivity contribution in [2.75, 3.05) is 30.9 Å². The van der Waals surface area contributed by atoms with E-state index in [1.807, 2.05) is 19.0 Å². The van der Waals surface area contributed by atoms with Crippen molar-refractivity contribution in [3.63, 3.8) is 0 Å². The van der Waals surface area contributed by atoms with E-state index in [-0.39, 0.29) is 6.61 Å². The number of ether oxygens (including phenoxy) is 1. The summed E-state index contributed by atoms with van der Waals surface area (Å²) in [5.41, 5.74) is 1.09. The van der Waals surface area contributed by atoms with E-state index >= 15 is 0 Å². The van der Waals surface area contributed by atoms with Crippen LogP contribution in [0.1, 0.15) is 38.3 Å². The molecule has 2 aliphatic rings. The van der Waals surface area contributed by atoms with Crippen molar-refractivity contribution in [2.45, 2.75) is 62.7 Å². The average molecular weight is 392 g/mol. The minimum absolute atomic E-state index is 0.339. The summed E-state index contributed by atoms with van der Waals surface area (Å²) in [7, 11) is 3.77. The van der Waals surface area contributed by atoms with Crippen LogP contribution in [0.4, 0.5) is 11.8 Å². The van der Waals surface area contributed by atoms with Crippen LogP contribution in [0.25, 0.3) is 11.2 Å². The molecule has 1 saturated carbocycles. The zero-order chi connectivity index (χ0) is 19.8. The van der Waals surface area contributed by atoms with Crippen molar-refractivity contribution < 1.29 is 20.1 Å². The molecule has 10 heteroatoms. The van der Waals surface area contributed by atoms with E-state index in [9.17, 15) is 15.3 Å². The summed E-state index contributed by atoms with van der Waals surface area (Å²) in [6, 6.07) is 0.339. The van der Waals surface area contributed by atoms with Crippen molar-refractivity contribution >= 4 is 22.9 Å². The van der Waals surface area contributed by atoms with Gasteiger partial charge in [0.2, 0.25) is 5.95 Å². The smallest absolute Gasteiger partial charge is 0.227 e. The third-order valence-electron chi connectivity index (χ3n) is 5.56. The van der Waals surface area contributed by atoms with Crippen LogP contribution in [-0.4, -0.2) is 79.9 Å². The van der Waals surface area contributed by atoms with E-state index in [1.165, 1.54) is 25.6 Å². The highest BCUT2D eigenvalue weighted by molar-refractivity contribution is 5.84. The van der Waals surface area contributed by atoms with Crippen LogP contribution in [0.3, 0.4) is 0 Å². The Kier molecular flexibility index (Phi) is 5.37. The molecule has 1 saturated heterocycles. The highest BCUT2D eigenvalue weighted by atomic mass is 16.6. The lowest BCUT2D eigenvalue weighted by atomic mass is 9.96. The summed E-state index contributed by atoms with van der Waals surface area (Å²) in [6.45, 7) is -0.381. The van der Waals surface area contributed by atoms with Gasteiger partial charge >= 0.3 is 0 Å². The predicted octanol–water partition coefficient (Wildman–Crippen LogP) is 0.248. The SMILES string of the molecule is CN(C)c1nc(NC2CCCCC2)nc2c1ncn2[C@@H]1O[C@H](CO)[C@@H](O)[C@H]1O. The lowest BCUT2D eigenvalue weighted by Crippen LogP contribution is -2.33. The molecule has 2 fully saturated rings. The van der Waals surface area contributed by atoms with Crippen molar-refractivity contribution in [2.24, 2.45) is 0 Å². The van der Waals surface area contributed by atoms with Gasteiger partial charge in [-0.15, -0.1) is 0 Å². The zero-order valence-corrected chi connectivity index (χ0v) is 16.2. The number of imidazole rings is 1. The number of anilines is 2. The Morgan fingerprint density at radius 2 is 1.93 bits per heavy atom. The van der Waals surface area contributed by atoms with E-state index in [1.54, 1.807) is 4.57 Å². The molecular weight excluding hydrogens is 364 g/mol. The highest BCUT2D eigenvalue weighted by Gasteiger charge is 2.44. The fourth-order valence-corrected chi connectivity index (χ4v) is 4.00. The maximum absolute atomic E-state index is 10.4. The Hall–Kier alpha value is -2.01. The second-order valence-electron chi connectivity index (χ2n) is 7.80. The number of aliphatic hydroxyl groups is 3. The van der Waals surface area contributed by atoms with Crippen LogP contribution in [0, 0.1) is 0 Å². The first-order chi connectivity index (χ1) is 13.5. The molecule has 4 rings (SSSR count). The van der Waals surface area contributed by atoms with E-state index in [2.05, 4.69) is 20.3 Å². The van der Waals surface area contributed by atoms with E-state index < -0.39 is 24.5 Å². The van der Waals surface area contributed by atoms with E-state index in [0.29, 0.717) is 29.0 Å². The van der Waals surface area contributed by atoms with Gasteiger partial charge in [0.05, 0.1) is 12.9 Å². The number of aliphatic hydroxyl groups excluding tert-OH is 3. The van der Waals surface area contributed by atoms with Gasteiger partial charge in [-0.05, 0) is 12.8 Å². The topological polar surface area (TPSA) is 129 Å². The molecule has 0 spiro atoms. The molecule has 3 heterocycles. The zero-order valence-electron chi connectivity index (χ0n) is 16.2. The molecule has 0 aromatic carbocycles. The van der Waals surface area contributed by atoms with Crippen LogP contribution >= 0.6 is 0 Å². The molecule has 154 valence electrons. The Labute approximate surface area is 163 Å². The van der Waals surface area contributed by atoms with Gasteiger partial charge < -0.3 is 30.3 Å². The second-order valence-corrected chi connectivity index (χ2v) is 7.80. The van der Waals surface area contributed by atoms with Crippen LogP contribution < -0.4 is 10.2 Å². The third-order valence-corrected chi connectivity index (χ3v) is 5.56. The van der Waals surface area contributed by atoms with E-state index in [4.69, 9.17) is 4.74 Å². The van der Waals surface area contributed by atoms with Gasteiger partial charge in [0.15, 0.2) is 23.2 Å². The van der Waals surface area contributed by atoms with E-state index in [0.717, 1.165) is 12.8 Å². The molecule has 4 N–H and O–H groups in total. The molecule has 28 heavy (non-hydrogen) atoms. The predicted molar refractivity (Wildman–Crippen MR) is 103 cm³/mol. The van der Waals surface area contributed by atoms with Crippen molar-refractivity contribution in [1.82, 2.24) is 19.5 Å². The summed E-state index contributed by atoms with van der Waals surface area (Å²) < 4.78 is 7.25. The molecule has 1 aliphatic carbocycles. The molecule has 0 bridgehead atoms. The number of rotatable bonds is 5. The Morgan fingerprint density at radius 1 is 1.18 bits per heavy atom. The van der Waals surface area contributed by atoms with Gasteiger partial charge in [0.25, 0.3) is 0 Å². The number of nitrogens with zero attached hydrogens (tertiary/aromatic N) is 5. The van der Waals surface area contributed by atoms with Gasteiger partial charge in [-0.3, -0.25) is 4.57 Å². The fourth-order valence-electron chi connectivity index (χ4n) is 4.00. The maximum Gasteiger partial charge on any atom is 0.227 e. The van der Waals surface area contributed by atoms with Gasteiger partial charge in [0, 0.05) is 20.1 Å². The van der Waals surface area contributed by atoms with Crippen LogP contribution in [0.15, 0.2) is 6.33 Å². The molecule has 0 amide bonds. The molecule has 10 nitrogen and oxygen atoms in total. The molecule has 1 aliphatic heterocycles. The number of hydrogen-bond donors (Lipinski definition) is 4. The second kappa shape index (κ2) is 7.78. The van der Waals surface area contributed by atoms with Crippen molar-refractivity contribution in [3.05, 3.63) is 6.33 Å². The van der Waals surface area contributed by atoms with Gasteiger partial charge in [-0.2, -0.15) is 9.97 Å². The Morgan fingerprint density at radius 3 is 2.57 bits per heavy atom. The lowest BCUT2D eigenvalue weighted by Gasteiger charge is -2.24. The molecular formula is C18H28N6O4. The van der Waals surface area contributed by atoms with Crippen LogP contribution in [0.5, 0.6) is 0 Å². The first-order valence-electron chi connectivity index (χ1n) is 9.80. The van der Waals surface area contributed by atoms with Gasteiger partial charge in [0.1, 0.15) is 18.3 Å². The molecule has 4 atom stereocenters. The highest BCUT2D eigenvalue weighted by Crippen LogP contribution is 2.33. The minimum Gasteiger partial charge on any atom is -0.394 e. The van der Waals surface area contributed by atoms with Crippen molar-refractivity contribution in [1.29, 1.82) is 0 Å². The molecule has 0 radical (unpaired) electrons. The Balaban J connectivity index is 1.72. The van der Waals surface area contributed by atoms with Crippen LogP contribution in [-0.2, 0) is 4.74 Å². The van der Waals surface area contributed by atoms with Gasteiger partial charge in [-0.1, -0.05) is 19.3 Å². The average Bonchev–Trinajstić information content (AvgIpc) is 3.23. The maximum atomic E-state index is 10.4. The minimum atomic E-state index is -1.19. The third kappa shape index (κ3) is 3.41. The molecule has 0 unspecified atom stereocenters. The number of fused-ring (bicyclic) bond motifs is 1. The summed E-state index contributed by atoms with van der Waals surface area (Å²) in [5, 5.41) is 33.3. The van der Waals surface area contributed by atoms with Crippen molar-refractivity contribution in [3.8, 4) is 0 Å². The normalized spacial score (nSPS) is 28.8. The molecule has 2 aromatic rings. The van der Waals surface area contributed by atoms with Crippen LogP contribution in [0.2, 0.25) is 0 Å². The standard InChI is InChI=1S/C18H28N6O4/c1-23(2)15-12-16(22-18(21-15)20-10-6-4-3-5-7-10)24(9-19-12)17-14(27)13(26)11(8-25)28-17/h9-11,13-14,17,25-27H,3-8H2,1-2H3,(H,20,21,22)/t11-,13-,14-,17-/m1/s1.